The van der Waals surface area contributed by atoms with Crippen LogP contribution in [0.15, 0.2) is 0 Å². The maximum atomic E-state index is 14.3. The fourth-order valence-corrected chi connectivity index (χ4v) is 2.82. The average molecular weight is 214 g/mol. The molecule has 2 heterocycles. The van der Waals surface area contributed by atoms with Crippen molar-refractivity contribution in [1.29, 1.82) is 0 Å². The number of halogens is 1. The predicted molar refractivity (Wildman–Crippen MR) is 60.7 cm³/mol. The summed E-state index contributed by atoms with van der Waals surface area (Å²) in [5, 5.41) is 6.68. The van der Waals surface area contributed by atoms with Crippen molar-refractivity contribution in [3.05, 3.63) is 0 Å². The lowest BCUT2D eigenvalue weighted by Crippen LogP contribution is -2.44. The summed E-state index contributed by atoms with van der Waals surface area (Å²) in [5.74, 6) is 0.293. The van der Waals surface area contributed by atoms with Crippen molar-refractivity contribution in [1.82, 2.24) is 10.6 Å². The van der Waals surface area contributed by atoms with Crippen molar-refractivity contribution < 1.29 is 4.39 Å². The van der Waals surface area contributed by atoms with Crippen LogP contribution in [0.4, 0.5) is 4.39 Å². The standard InChI is InChI=1S/C12H23FN2/c13-12(10-5-8-14-9-6-10)11-4-2-1-3-7-15-11/h10-12,14-15H,1-9H2. The number of piperidine rings is 1. The minimum atomic E-state index is -0.620. The highest BCUT2D eigenvalue weighted by molar-refractivity contribution is 4.85. The number of hydrogen-bond donors (Lipinski definition) is 2. The molecular weight excluding hydrogens is 191 g/mol. The van der Waals surface area contributed by atoms with E-state index in [2.05, 4.69) is 10.6 Å². The van der Waals surface area contributed by atoms with Crippen LogP contribution < -0.4 is 10.6 Å². The molecule has 0 aliphatic carbocycles. The van der Waals surface area contributed by atoms with Gasteiger partial charge in [0.05, 0.1) is 0 Å². The molecular formula is C12H23FN2. The Labute approximate surface area is 92.0 Å². The molecule has 0 bridgehead atoms. The second kappa shape index (κ2) is 5.80. The zero-order chi connectivity index (χ0) is 10.5. The van der Waals surface area contributed by atoms with Crippen molar-refractivity contribution in [2.75, 3.05) is 19.6 Å². The van der Waals surface area contributed by atoms with Gasteiger partial charge in [-0.3, -0.25) is 0 Å². The molecule has 0 spiro atoms. The summed E-state index contributed by atoms with van der Waals surface area (Å²) in [6.07, 6.45) is 6.12. The molecule has 2 aliphatic rings. The molecule has 2 aliphatic heterocycles. The van der Waals surface area contributed by atoms with E-state index in [4.69, 9.17) is 0 Å². The molecule has 2 fully saturated rings. The molecule has 2 rings (SSSR count). The van der Waals surface area contributed by atoms with E-state index in [1.165, 1.54) is 19.3 Å². The smallest absolute Gasteiger partial charge is 0.118 e. The molecule has 15 heavy (non-hydrogen) atoms. The van der Waals surface area contributed by atoms with Crippen LogP contribution in [0.3, 0.4) is 0 Å². The molecule has 2 atom stereocenters. The second-order valence-corrected chi connectivity index (χ2v) is 4.94. The van der Waals surface area contributed by atoms with Crippen LogP contribution >= 0.6 is 0 Å². The highest BCUT2D eigenvalue weighted by Gasteiger charge is 2.30. The first-order valence-electron chi connectivity index (χ1n) is 6.46. The van der Waals surface area contributed by atoms with E-state index in [0.29, 0.717) is 5.92 Å². The quantitative estimate of drug-likeness (QED) is 0.733. The Kier molecular flexibility index (Phi) is 4.39. The van der Waals surface area contributed by atoms with Crippen LogP contribution in [-0.2, 0) is 0 Å². The van der Waals surface area contributed by atoms with Crippen molar-refractivity contribution in [3.63, 3.8) is 0 Å². The maximum absolute atomic E-state index is 14.3. The fourth-order valence-electron chi connectivity index (χ4n) is 2.82. The van der Waals surface area contributed by atoms with E-state index in [9.17, 15) is 4.39 Å². The highest BCUT2D eigenvalue weighted by atomic mass is 19.1. The van der Waals surface area contributed by atoms with Gasteiger partial charge in [0, 0.05) is 6.04 Å². The molecule has 3 heteroatoms. The molecule has 0 aromatic rings. The Morgan fingerprint density at radius 1 is 0.933 bits per heavy atom. The highest BCUT2D eigenvalue weighted by Crippen LogP contribution is 2.25. The average Bonchev–Trinajstić information content (AvgIpc) is 2.58. The van der Waals surface area contributed by atoms with Crippen molar-refractivity contribution in [2.24, 2.45) is 5.92 Å². The summed E-state index contributed by atoms with van der Waals surface area (Å²) in [6, 6.07) is 0.135. The van der Waals surface area contributed by atoms with Gasteiger partial charge in [-0.2, -0.15) is 0 Å². The number of nitrogens with one attached hydrogen (secondary N) is 2. The first kappa shape index (κ1) is 11.3. The summed E-state index contributed by atoms with van der Waals surface area (Å²) in [4.78, 5) is 0. The predicted octanol–water partition coefficient (Wildman–Crippen LogP) is 1.86. The summed E-state index contributed by atoms with van der Waals surface area (Å²) < 4.78 is 14.3. The van der Waals surface area contributed by atoms with Gasteiger partial charge >= 0.3 is 0 Å². The molecule has 0 saturated carbocycles. The zero-order valence-corrected chi connectivity index (χ0v) is 9.47. The summed E-state index contributed by atoms with van der Waals surface area (Å²) in [6.45, 7) is 3.01. The van der Waals surface area contributed by atoms with Gasteiger partial charge in [-0.1, -0.05) is 12.8 Å². The SMILES string of the molecule is FC(C1CCNCC1)C1CCCCCN1. The van der Waals surface area contributed by atoms with Gasteiger partial charge in [-0.15, -0.1) is 0 Å². The van der Waals surface area contributed by atoms with Crippen molar-refractivity contribution >= 4 is 0 Å². The molecule has 2 unspecified atom stereocenters. The fraction of sp³-hybridized carbons (Fsp3) is 1.00. The van der Waals surface area contributed by atoms with E-state index < -0.39 is 6.17 Å². The van der Waals surface area contributed by atoms with Crippen LogP contribution in [0.1, 0.15) is 38.5 Å². The molecule has 0 aromatic heterocycles. The van der Waals surface area contributed by atoms with Gasteiger partial charge < -0.3 is 10.6 Å². The maximum Gasteiger partial charge on any atom is 0.118 e. The third kappa shape index (κ3) is 3.15. The molecule has 2 nitrogen and oxygen atoms in total. The molecule has 0 radical (unpaired) electrons. The number of rotatable bonds is 2. The largest absolute Gasteiger partial charge is 0.317 e. The minimum Gasteiger partial charge on any atom is -0.317 e. The van der Waals surface area contributed by atoms with Gasteiger partial charge in [0.2, 0.25) is 0 Å². The third-order valence-corrected chi connectivity index (χ3v) is 3.82. The topological polar surface area (TPSA) is 24.1 Å². The van der Waals surface area contributed by atoms with Gasteiger partial charge in [-0.05, 0) is 51.2 Å². The first-order chi connectivity index (χ1) is 7.38. The summed E-state index contributed by atoms with van der Waals surface area (Å²) in [5.41, 5.74) is 0. The van der Waals surface area contributed by atoms with Gasteiger partial charge in [-0.25, -0.2) is 4.39 Å². The van der Waals surface area contributed by atoms with Crippen LogP contribution in [0.5, 0.6) is 0 Å². The Morgan fingerprint density at radius 3 is 2.53 bits per heavy atom. The number of hydrogen-bond acceptors (Lipinski definition) is 2. The van der Waals surface area contributed by atoms with Crippen LogP contribution in [0.25, 0.3) is 0 Å². The Bertz CT molecular complexity index is 172. The lowest BCUT2D eigenvalue weighted by molar-refractivity contribution is 0.139. The van der Waals surface area contributed by atoms with E-state index in [-0.39, 0.29) is 6.04 Å². The number of alkyl halides is 1. The van der Waals surface area contributed by atoms with Crippen LogP contribution in [-0.4, -0.2) is 31.8 Å². The third-order valence-electron chi connectivity index (χ3n) is 3.82. The van der Waals surface area contributed by atoms with Crippen molar-refractivity contribution in [3.8, 4) is 0 Å². The second-order valence-electron chi connectivity index (χ2n) is 4.94. The van der Waals surface area contributed by atoms with E-state index in [1.54, 1.807) is 0 Å². The lowest BCUT2D eigenvalue weighted by atomic mass is 9.88. The van der Waals surface area contributed by atoms with E-state index in [1.807, 2.05) is 0 Å². The molecule has 0 amide bonds. The monoisotopic (exact) mass is 214 g/mol. The minimum absolute atomic E-state index is 0.135. The molecule has 0 aromatic carbocycles. The normalized spacial score (nSPS) is 32.2. The Hall–Kier alpha value is -0.150. The molecule has 2 saturated heterocycles. The molecule has 88 valence electrons. The first-order valence-corrected chi connectivity index (χ1v) is 6.46. The van der Waals surface area contributed by atoms with Crippen molar-refractivity contribution in [2.45, 2.75) is 50.7 Å². The van der Waals surface area contributed by atoms with Gasteiger partial charge in [0.25, 0.3) is 0 Å². The lowest BCUT2D eigenvalue weighted by Gasteiger charge is -2.30. The summed E-state index contributed by atoms with van der Waals surface area (Å²) in [7, 11) is 0. The van der Waals surface area contributed by atoms with Crippen LogP contribution in [0.2, 0.25) is 0 Å². The molecule has 2 N–H and O–H groups in total. The van der Waals surface area contributed by atoms with Gasteiger partial charge in [0.1, 0.15) is 6.17 Å². The van der Waals surface area contributed by atoms with E-state index in [0.717, 1.165) is 38.9 Å². The van der Waals surface area contributed by atoms with E-state index >= 15 is 0 Å². The van der Waals surface area contributed by atoms with Crippen LogP contribution in [0, 0.1) is 5.92 Å². The Morgan fingerprint density at radius 2 is 1.73 bits per heavy atom. The zero-order valence-electron chi connectivity index (χ0n) is 9.47. The Balaban J connectivity index is 1.83. The summed E-state index contributed by atoms with van der Waals surface area (Å²) >= 11 is 0. The van der Waals surface area contributed by atoms with Gasteiger partial charge in [0.15, 0.2) is 0 Å².